The largest absolute Gasteiger partial charge is 0.281 e. The molecule has 0 aromatic heterocycles. The van der Waals surface area contributed by atoms with E-state index in [0.29, 0.717) is 6.42 Å². The summed E-state index contributed by atoms with van der Waals surface area (Å²) in [7, 11) is 0. The van der Waals surface area contributed by atoms with E-state index in [1.54, 1.807) is 0 Å². The van der Waals surface area contributed by atoms with Crippen LogP contribution in [0.15, 0.2) is 12.2 Å². The highest BCUT2D eigenvalue weighted by Gasteiger charge is 1.92. The van der Waals surface area contributed by atoms with Crippen LogP contribution in [0.3, 0.4) is 0 Å². The van der Waals surface area contributed by atoms with Crippen molar-refractivity contribution < 1.29 is 4.79 Å². The van der Waals surface area contributed by atoms with E-state index in [1.165, 1.54) is 25.7 Å². The molecule has 0 unspecified atom stereocenters. The van der Waals surface area contributed by atoms with Gasteiger partial charge in [0, 0.05) is 6.42 Å². The molecule has 0 N–H and O–H groups in total. The first-order valence-electron chi connectivity index (χ1n) is 5.10. The third-order valence-corrected chi connectivity index (χ3v) is 2.07. The normalized spacial score (nSPS) is 10.9. The summed E-state index contributed by atoms with van der Waals surface area (Å²) in [6, 6.07) is 0. The summed E-state index contributed by atoms with van der Waals surface area (Å²) in [4.78, 5) is 10.4. The van der Waals surface area contributed by atoms with Crippen LogP contribution in [-0.2, 0) is 4.79 Å². The van der Waals surface area contributed by atoms with Gasteiger partial charge < -0.3 is 0 Å². The van der Waals surface area contributed by atoms with Gasteiger partial charge in [-0.05, 0) is 37.3 Å². The molecule has 0 amide bonds. The van der Waals surface area contributed by atoms with Gasteiger partial charge in [0.05, 0.1) is 0 Å². The monoisotopic (exact) mass is 202 g/mol. The second-order valence-electron chi connectivity index (χ2n) is 3.21. The molecule has 0 aliphatic heterocycles. The second kappa shape index (κ2) is 9.79. The van der Waals surface area contributed by atoms with Gasteiger partial charge in [-0.25, -0.2) is 0 Å². The van der Waals surface area contributed by atoms with Crippen molar-refractivity contribution in [2.24, 2.45) is 0 Å². The predicted octanol–water partition coefficient (Wildman–Crippen LogP) is 4.06. The molecule has 0 aliphatic carbocycles. The van der Waals surface area contributed by atoms with Crippen LogP contribution in [0.5, 0.6) is 0 Å². The van der Waals surface area contributed by atoms with Gasteiger partial charge in [-0.2, -0.15) is 0 Å². The summed E-state index contributed by atoms with van der Waals surface area (Å²) in [5.41, 5.74) is 0. The summed E-state index contributed by atoms with van der Waals surface area (Å²) in [6.07, 6.45) is 11.7. The number of hydrogen-bond acceptors (Lipinski definition) is 1. The molecule has 0 heterocycles. The average molecular weight is 203 g/mol. The van der Waals surface area contributed by atoms with Gasteiger partial charge in [0.2, 0.25) is 5.24 Å². The predicted molar refractivity (Wildman–Crippen MR) is 58.0 cm³/mol. The summed E-state index contributed by atoms with van der Waals surface area (Å²) >= 11 is 5.20. The molecule has 0 saturated carbocycles. The molecule has 13 heavy (non-hydrogen) atoms. The van der Waals surface area contributed by atoms with E-state index in [-0.39, 0.29) is 5.24 Å². The first-order chi connectivity index (χ1) is 6.27. The lowest BCUT2D eigenvalue weighted by Crippen LogP contribution is -1.83. The minimum atomic E-state index is -0.223. The summed E-state index contributed by atoms with van der Waals surface area (Å²) < 4.78 is 0. The maximum Gasteiger partial charge on any atom is 0.221 e. The standard InChI is InChI=1S/C11H19ClO/c1-2-3-4-5-6-7-8-9-10-11(12)13/h6-7H,2-5,8-10H2,1H3. The topological polar surface area (TPSA) is 17.1 Å². The van der Waals surface area contributed by atoms with E-state index in [4.69, 9.17) is 11.6 Å². The first-order valence-corrected chi connectivity index (χ1v) is 5.48. The molecule has 0 rings (SSSR count). The molecule has 0 bridgehead atoms. The molecule has 0 fully saturated rings. The Balaban J connectivity index is 3.08. The van der Waals surface area contributed by atoms with Crippen LogP contribution in [-0.4, -0.2) is 5.24 Å². The van der Waals surface area contributed by atoms with Gasteiger partial charge in [0.25, 0.3) is 0 Å². The van der Waals surface area contributed by atoms with Crippen molar-refractivity contribution in [1.82, 2.24) is 0 Å². The van der Waals surface area contributed by atoms with Crippen LogP contribution in [0.25, 0.3) is 0 Å². The van der Waals surface area contributed by atoms with E-state index in [1.807, 2.05) is 0 Å². The van der Waals surface area contributed by atoms with E-state index >= 15 is 0 Å². The van der Waals surface area contributed by atoms with E-state index in [0.717, 1.165) is 12.8 Å². The minimum absolute atomic E-state index is 0.223. The molecule has 0 aromatic carbocycles. The third kappa shape index (κ3) is 11.7. The van der Waals surface area contributed by atoms with E-state index in [2.05, 4.69) is 19.1 Å². The molecule has 0 atom stereocenters. The molecule has 2 heteroatoms. The minimum Gasteiger partial charge on any atom is -0.281 e. The van der Waals surface area contributed by atoms with Gasteiger partial charge in [0.1, 0.15) is 0 Å². The van der Waals surface area contributed by atoms with Crippen LogP contribution in [0.1, 0.15) is 51.9 Å². The highest BCUT2D eigenvalue weighted by molar-refractivity contribution is 6.63. The fourth-order valence-electron chi connectivity index (χ4n) is 1.11. The van der Waals surface area contributed by atoms with Crippen LogP contribution in [0.2, 0.25) is 0 Å². The molecule has 1 nitrogen and oxygen atoms in total. The Morgan fingerprint density at radius 3 is 2.31 bits per heavy atom. The van der Waals surface area contributed by atoms with Crippen molar-refractivity contribution >= 4 is 16.8 Å². The van der Waals surface area contributed by atoms with Gasteiger partial charge in [0.15, 0.2) is 0 Å². The van der Waals surface area contributed by atoms with Gasteiger partial charge >= 0.3 is 0 Å². The van der Waals surface area contributed by atoms with Crippen molar-refractivity contribution in [1.29, 1.82) is 0 Å². The highest BCUT2D eigenvalue weighted by atomic mass is 35.5. The smallest absolute Gasteiger partial charge is 0.221 e. The lowest BCUT2D eigenvalue weighted by atomic mass is 10.2. The first kappa shape index (κ1) is 12.7. The number of carbonyl (C=O) groups is 1. The molecule has 0 radical (unpaired) electrons. The Kier molecular flexibility index (Phi) is 9.56. The van der Waals surface area contributed by atoms with Gasteiger partial charge in [-0.3, -0.25) is 4.79 Å². The number of allylic oxidation sites excluding steroid dienone is 2. The highest BCUT2D eigenvalue weighted by Crippen LogP contribution is 2.03. The summed E-state index contributed by atoms with van der Waals surface area (Å²) in [5.74, 6) is 0. The van der Waals surface area contributed by atoms with Crippen LogP contribution in [0.4, 0.5) is 0 Å². The zero-order chi connectivity index (χ0) is 9.94. The lowest BCUT2D eigenvalue weighted by Gasteiger charge is -1.92. The quantitative estimate of drug-likeness (QED) is 0.330. The van der Waals surface area contributed by atoms with Gasteiger partial charge in [-0.1, -0.05) is 31.9 Å². The Morgan fingerprint density at radius 1 is 1.15 bits per heavy atom. The molecule has 76 valence electrons. The maximum absolute atomic E-state index is 10.4. The number of rotatable bonds is 8. The van der Waals surface area contributed by atoms with Crippen molar-refractivity contribution in [2.45, 2.75) is 51.9 Å². The third-order valence-electron chi connectivity index (χ3n) is 1.89. The Morgan fingerprint density at radius 2 is 1.77 bits per heavy atom. The number of halogens is 1. The van der Waals surface area contributed by atoms with Crippen LogP contribution < -0.4 is 0 Å². The maximum atomic E-state index is 10.4. The molecular weight excluding hydrogens is 184 g/mol. The number of unbranched alkanes of at least 4 members (excludes halogenated alkanes) is 4. The summed E-state index contributed by atoms with van der Waals surface area (Å²) in [5, 5.41) is -0.223. The molecule has 0 aromatic rings. The second-order valence-corrected chi connectivity index (χ2v) is 3.64. The number of carbonyl (C=O) groups excluding carboxylic acids is 1. The van der Waals surface area contributed by atoms with Crippen molar-refractivity contribution in [2.75, 3.05) is 0 Å². The molecule has 0 aliphatic rings. The van der Waals surface area contributed by atoms with Crippen molar-refractivity contribution in [3.8, 4) is 0 Å². The fourth-order valence-corrected chi connectivity index (χ4v) is 1.24. The van der Waals surface area contributed by atoms with Crippen LogP contribution >= 0.6 is 11.6 Å². The van der Waals surface area contributed by atoms with Crippen molar-refractivity contribution in [3.63, 3.8) is 0 Å². The zero-order valence-corrected chi connectivity index (χ0v) is 9.15. The average Bonchev–Trinajstić information content (AvgIpc) is 2.09. The fraction of sp³-hybridized carbons (Fsp3) is 0.727. The SMILES string of the molecule is CCCCCC=CCCCC(=O)Cl. The summed E-state index contributed by atoms with van der Waals surface area (Å²) in [6.45, 7) is 2.20. The van der Waals surface area contributed by atoms with Gasteiger partial charge in [-0.15, -0.1) is 0 Å². The Labute approximate surface area is 86.2 Å². The Bertz CT molecular complexity index is 152. The van der Waals surface area contributed by atoms with Crippen LogP contribution in [0, 0.1) is 0 Å². The van der Waals surface area contributed by atoms with E-state index < -0.39 is 0 Å². The number of hydrogen-bond donors (Lipinski definition) is 0. The van der Waals surface area contributed by atoms with Crippen molar-refractivity contribution in [3.05, 3.63) is 12.2 Å². The molecule has 0 saturated heterocycles. The molecule has 0 spiro atoms. The zero-order valence-electron chi connectivity index (χ0n) is 8.39. The molecular formula is C11H19ClO. The van der Waals surface area contributed by atoms with E-state index in [9.17, 15) is 4.79 Å². The Hall–Kier alpha value is -0.300. The lowest BCUT2D eigenvalue weighted by molar-refractivity contribution is -0.111.